The number of nitro benzene ring substituents is 1. The molecule has 0 aliphatic carbocycles. The van der Waals surface area contributed by atoms with Crippen LogP contribution in [0, 0.1) is 10.1 Å². The van der Waals surface area contributed by atoms with Crippen LogP contribution in [-0.4, -0.2) is 32.6 Å². The molecule has 1 atom stereocenters. The number of nitrogens with one attached hydrogen (secondary N) is 1. The molecular weight excluding hydrogens is 372 g/mol. The molecule has 0 bridgehead atoms. The van der Waals surface area contributed by atoms with Crippen LogP contribution in [0.15, 0.2) is 47.4 Å². The molecule has 1 N–H and O–H groups in total. The Labute approximate surface area is 157 Å². The first-order valence-corrected chi connectivity index (χ1v) is 9.99. The molecule has 2 aromatic rings. The van der Waals surface area contributed by atoms with E-state index in [2.05, 4.69) is 5.32 Å². The van der Waals surface area contributed by atoms with Crippen molar-refractivity contribution in [1.82, 2.24) is 5.32 Å². The summed E-state index contributed by atoms with van der Waals surface area (Å²) in [5, 5.41) is 14.0. The van der Waals surface area contributed by atoms with Gasteiger partial charge < -0.3 is 10.1 Å². The average Bonchev–Trinajstić information content (AvgIpc) is 2.64. The highest BCUT2D eigenvalue weighted by atomic mass is 32.2. The summed E-state index contributed by atoms with van der Waals surface area (Å²) >= 11 is 0. The van der Waals surface area contributed by atoms with E-state index in [0.717, 1.165) is 24.0 Å². The van der Waals surface area contributed by atoms with E-state index in [1.165, 1.54) is 6.07 Å². The fraction of sp³-hybridized carbons (Fsp3) is 0.278. The molecule has 2 aromatic carbocycles. The molecule has 9 heteroatoms. The smallest absolute Gasteiger partial charge is 0.288 e. The number of methoxy groups -OCH3 is 1. The van der Waals surface area contributed by atoms with E-state index in [-0.39, 0.29) is 11.6 Å². The molecule has 0 saturated heterocycles. The molecule has 0 aromatic heterocycles. The van der Waals surface area contributed by atoms with Gasteiger partial charge in [-0.15, -0.1) is 0 Å². The van der Waals surface area contributed by atoms with Crippen LogP contribution >= 0.6 is 0 Å². The normalized spacial score (nSPS) is 12.3. The minimum atomic E-state index is -3.78. The predicted octanol–water partition coefficient (Wildman–Crippen LogP) is 2.89. The lowest BCUT2D eigenvalue weighted by Gasteiger charge is -2.18. The van der Waals surface area contributed by atoms with Gasteiger partial charge in [-0.2, -0.15) is 0 Å². The summed E-state index contributed by atoms with van der Waals surface area (Å²) in [6, 6.07) is 10.2. The topological polar surface area (TPSA) is 116 Å². The standard InChI is InChI=1S/C18H20N2O6S/c1-4-15(12-5-8-14(26-2)9-6-12)19-18(21)13-7-10-17(27(3,24)25)16(11-13)20(22)23/h5-11,15H,4H2,1-3H3,(H,19,21). The molecule has 0 fully saturated rings. The number of benzene rings is 2. The van der Waals surface area contributed by atoms with E-state index in [4.69, 9.17) is 4.74 Å². The molecule has 0 heterocycles. The molecule has 1 amide bonds. The Kier molecular flexibility index (Phi) is 6.17. The quantitative estimate of drug-likeness (QED) is 0.572. The zero-order chi connectivity index (χ0) is 20.2. The van der Waals surface area contributed by atoms with Crippen LogP contribution in [0.1, 0.15) is 35.3 Å². The van der Waals surface area contributed by atoms with Crippen molar-refractivity contribution in [3.8, 4) is 5.75 Å². The Morgan fingerprint density at radius 1 is 1.22 bits per heavy atom. The fourth-order valence-electron chi connectivity index (χ4n) is 2.61. The van der Waals surface area contributed by atoms with Crippen LogP contribution in [0.3, 0.4) is 0 Å². The third-order valence-electron chi connectivity index (χ3n) is 4.05. The van der Waals surface area contributed by atoms with E-state index >= 15 is 0 Å². The van der Waals surface area contributed by atoms with Crippen molar-refractivity contribution in [2.75, 3.05) is 13.4 Å². The van der Waals surface area contributed by atoms with Gasteiger partial charge in [0.15, 0.2) is 9.84 Å². The second-order valence-corrected chi connectivity index (χ2v) is 7.90. The highest BCUT2D eigenvalue weighted by molar-refractivity contribution is 7.90. The van der Waals surface area contributed by atoms with Crippen molar-refractivity contribution in [3.05, 3.63) is 63.7 Å². The first-order valence-electron chi connectivity index (χ1n) is 8.10. The van der Waals surface area contributed by atoms with Gasteiger partial charge >= 0.3 is 0 Å². The van der Waals surface area contributed by atoms with Crippen LogP contribution in [0.25, 0.3) is 0 Å². The first kappa shape index (κ1) is 20.4. The maximum atomic E-state index is 12.5. The average molecular weight is 392 g/mol. The van der Waals surface area contributed by atoms with Gasteiger partial charge in [-0.3, -0.25) is 14.9 Å². The molecular formula is C18H20N2O6S. The molecule has 0 saturated carbocycles. The summed E-state index contributed by atoms with van der Waals surface area (Å²) in [7, 11) is -2.23. The van der Waals surface area contributed by atoms with Crippen LogP contribution in [0.4, 0.5) is 5.69 Å². The fourth-order valence-corrected chi connectivity index (χ4v) is 3.44. The van der Waals surface area contributed by atoms with Gasteiger partial charge in [-0.25, -0.2) is 8.42 Å². The van der Waals surface area contributed by atoms with Gasteiger partial charge in [0.1, 0.15) is 10.6 Å². The second kappa shape index (κ2) is 8.17. The summed E-state index contributed by atoms with van der Waals surface area (Å²) in [5.41, 5.74) is 0.248. The lowest BCUT2D eigenvalue weighted by molar-refractivity contribution is -0.387. The van der Waals surface area contributed by atoms with Crippen molar-refractivity contribution in [2.24, 2.45) is 0 Å². The third kappa shape index (κ3) is 4.82. The number of carbonyl (C=O) groups is 1. The Bertz CT molecular complexity index is 954. The molecule has 0 spiro atoms. The zero-order valence-electron chi connectivity index (χ0n) is 15.1. The number of hydrogen-bond acceptors (Lipinski definition) is 6. The van der Waals surface area contributed by atoms with E-state index in [0.29, 0.717) is 12.2 Å². The number of nitro groups is 1. The predicted molar refractivity (Wildman–Crippen MR) is 99.7 cm³/mol. The van der Waals surface area contributed by atoms with Crippen LogP contribution in [0.2, 0.25) is 0 Å². The summed E-state index contributed by atoms with van der Waals surface area (Å²) in [6.45, 7) is 1.89. The number of sulfone groups is 1. The summed E-state index contributed by atoms with van der Waals surface area (Å²) < 4.78 is 28.5. The van der Waals surface area contributed by atoms with Gasteiger partial charge in [0.05, 0.1) is 18.1 Å². The van der Waals surface area contributed by atoms with Crippen LogP contribution in [0.5, 0.6) is 5.75 Å². The Hall–Kier alpha value is -2.94. The lowest BCUT2D eigenvalue weighted by Crippen LogP contribution is -2.28. The van der Waals surface area contributed by atoms with Crippen LogP contribution in [-0.2, 0) is 9.84 Å². The van der Waals surface area contributed by atoms with Crippen molar-refractivity contribution >= 4 is 21.4 Å². The Morgan fingerprint density at radius 2 is 1.85 bits per heavy atom. The van der Waals surface area contributed by atoms with E-state index in [1.807, 2.05) is 19.1 Å². The zero-order valence-corrected chi connectivity index (χ0v) is 15.9. The molecule has 27 heavy (non-hydrogen) atoms. The summed E-state index contributed by atoms with van der Waals surface area (Å²) in [5.74, 6) is 0.160. The highest BCUT2D eigenvalue weighted by Gasteiger charge is 2.24. The molecule has 0 aliphatic rings. The Morgan fingerprint density at radius 3 is 2.33 bits per heavy atom. The van der Waals surface area contributed by atoms with Crippen molar-refractivity contribution < 1.29 is 22.9 Å². The van der Waals surface area contributed by atoms with E-state index in [9.17, 15) is 23.3 Å². The number of nitrogens with zero attached hydrogens (tertiary/aromatic N) is 1. The van der Waals surface area contributed by atoms with Crippen molar-refractivity contribution in [3.63, 3.8) is 0 Å². The SMILES string of the molecule is CCC(NC(=O)c1ccc(S(C)(=O)=O)c([N+](=O)[O-])c1)c1ccc(OC)cc1. The number of amides is 1. The maximum Gasteiger partial charge on any atom is 0.288 e. The molecule has 1 unspecified atom stereocenters. The van der Waals surface area contributed by atoms with Gasteiger partial charge in [0.2, 0.25) is 0 Å². The minimum absolute atomic E-state index is 0.0149. The largest absolute Gasteiger partial charge is 0.497 e. The maximum absolute atomic E-state index is 12.5. The van der Waals surface area contributed by atoms with Crippen molar-refractivity contribution in [2.45, 2.75) is 24.3 Å². The molecule has 0 radical (unpaired) electrons. The number of rotatable bonds is 7. The molecule has 144 valence electrons. The van der Waals surface area contributed by atoms with Crippen molar-refractivity contribution in [1.29, 1.82) is 0 Å². The van der Waals surface area contributed by atoms with E-state index < -0.39 is 31.3 Å². The lowest BCUT2D eigenvalue weighted by atomic mass is 10.0. The molecule has 8 nitrogen and oxygen atoms in total. The highest BCUT2D eigenvalue weighted by Crippen LogP contribution is 2.26. The summed E-state index contributed by atoms with van der Waals surface area (Å²) in [6.07, 6.45) is 1.48. The van der Waals surface area contributed by atoms with Crippen LogP contribution < -0.4 is 10.1 Å². The second-order valence-electron chi connectivity index (χ2n) is 5.92. The first-order chi connectivity index (χ1) is 12.7. The number of carbonyl (C=O) groups excluding carboxylic acids is 1. The van der Waals surface area contributed by atoms with Gasteiger partial charge in [-0.1, -0.05) is 19.1 Å². The van der Waals surface area contributed by atoms with Gasteiger partial charge in [0, 0.05) is 17.9 Å². The van der Waals surface area contributed by atoms with Gasteiger partial charge in [0.25, 0.3) is 11.6 Å². The monoisotopic (exact) mass is 392 g/mol. The molecule has 2 rings (SSSR count). The minimum Gasteiger partial charge on any atom is -0.497 e. The third-order valence-corrected chi connectivity index (χ3v) is 5.19. The van der Waals surface area contributed by atoms with Gasteiger partial charge in [-0.05, 0) is 36.2 Å². The number of ether oxygens (including phenoxy) is 1. The van der Waals surface area contributed by atoms with E-state index in [1.54, 1.807) is 19.2 Å². The number of hydrogen-bond donors (Lipinski definition) is 1. The molecule has 0 aliphatic heterocycles. The summed E-state index contributed by atoms with van der Waals surface area (Å²) in [4.78, 5) is 22.5. The Balaban J connectivity index is 2.30.